The lowest BCUT2D eigenvalue weighted by Crippen LogP contribution is -2.36. The topological polar surface area (TPSA) is 88.9 Å². The normalized spacial score (nSPS) is 16.6. The number of hydrogen-bond donors (Lipinski definition) is 0. The van der Waals surface area contributed by atoms with Crippen molar-refractivity contribution in [2.45, 2.75) is 44.2 Å². The van der Waals surface area contributed by atoms with Crippen molar-refractivity contribution < 1.29 is 17.9 Å². The van der Waals surface area contributed by atoms with Crippen molar-refractivity contribution in [1.29, 1.82) is 0 Å². The molecule has 9 heteroatoms. The Morgan fingerprint density at radius 2 is 1.81 bits per heavy atom. The lowest BCUT2D eigenvalue weighted by atomic mass is 10.0. The van der Waals surface area contributed by atoms with Crippen LogP contribution in [0.25, 0.3) is 0 Å². The lowest BCUT2D eigenvalue weighted by molar-refractivity contribution is -0.132. The Balaban J connectivity index is 1.83. The summed E-state index contributed by atoms with van der Waals surface area (Å²) in [6.45, 7) is 4.57. The molecule has 0 bridgehead atoms. The zero-order chi connectivity index (χ0) is 22.6. The molecule has 8 nitrogen and oxygen atoms in total. The summed E-state index contributed by atoms with van der Waals surface area (Å²) in [5.41, 5.74) is 0.601. The summed E-state index contributed by atoms with van der Waals surface area (Å²) in [7, 11) is -2.11. The summed E-state index contributed by atoms with van der Waals surface area (Å²) < 4.78 is 33.3. The largest absolute Gasteiger partial charge is 0.497 e. The highest BCUT2D eigenvalue weighted by molar-refractivity contribution is 7.89. The predicted octanol–water partition coefficient (Wildman–Crippen LogP) is 2.25. The first-order valence-electron chi connectivity index (χ1n) is 10.5. The van der Waals surface area contributed by atoms with E-state index >= 15 is 0 Å². The van der Waals surface area contributed by atoms with Gasteiger partial charge in [0, 0.05) is 31.9 Å². The van der Waals surface area contributed by atoms with Gasteiger partial charge >= 0.3 is 0 Å². The van der Waals surface area contributed by atoms with Gasteiger partial charge in [-0.2, -0.15) is 4.31 Å². The van der Waals surface area contributed by atoms with Crippen molar-refractivity contribution in [3.05, 3.63) is 58.5 Å². The number of pyridine rings is 1. The van der Waals surface area contributed by atoms with Crippen LogP contribution in [0.5, 0.6) is 5.75 Å². The average Bonchev–Trinajstić information content (AvgIpc) is 3.26. The van der Waals surface area contributed by atoms with Gasteiger partial charge in [0.2, 0.25) is 15.9 Å². The van der Waals surface area contributed by atoms with E-state index in [2.05, 4.69) is 0 Å². The van der Waals surface area contributed by atoms with E-state index in [1.165, 1.54) is 27.2 Å². The van der Waals surface area contributed by atoms with E-state index in [0.717, 1.165) is 24.2 Å². The standard InChI is InChI=1S/C22H29N3O5S/c1-4-24(5-2)31(28,29)19-12-13-21(26)23(15-19)16-22(27)25-14-6-7-20(25)17-8-10-18(30-3)11-9-17/h8-13,15,20H,4-7,14,16H2,1-3H3. The van der Waals surface area contributed by atoms with Crippen LogP contribution in [0.3, 0.4) is 0 Å². The molecular formula is C22H29N3O5S. The van der Waals surface area contributed by atoms with E-state index in [1.807, 2.05) is 24.3 Å². The third-order valence-electron chi connectivity index (χ3n) is 5.68. The van der Waals surface area contributed by atoms with Gasteiger partial charge in [-0.15, -0.1) is 0 Å². The molecule has 0 aliphatic carbocycles. The van der Waals surface area contributed by atoms with Crippen molar-refractivity contribution in [2.75, 3.05) is 26.7 Å². The number of aromatic nitrogens is 1. The molecule has 1 fully saturated rings. The minimum absolute atomic E-state index is 0.0109. The van der Waals surface area contributed by atoms with Gasteiger partial charge in [-0.05, 0) is 36.6 Å². The maximum absolute atomic E-state index is 13.1. The molecule has 2 aromatic rings. The fraction of sp³-hybridized carbons (Fsp3) is 0.455. The van der Waals surface area contributed by atoms with Gasteiger partial charge in [0.05, 0.1) is 18.0 Å². The number of hydrogen-bond acceptors (Lipinski definition) is 5. The second-order valence-electron chi connectivity index (χ2n) is 7.44. The zero-order valence-corrected chi connectivity index (χ0v) is 19.0. The highest BCUT2D eigenvalue weighted by Crippen LogP contribution is 2.33. The molecule has 0 saturated carbocycles. The molecular weight excluding hydrogens is 418 g/mol. The van der Waals surface area contributed by atoms with Gasteiger partial charge in [-0.3, -0.25) is 9.59 Å². The van der Waals surface area contributed by atoms with Crippen LogP contribution >= 0.6 is 0 Å². The Morgan fingerprint density at radius 1 is 1.13 bits per heavy atom. The third kappa shape index (κ3) is 4.83. The Bertz CT molecular complexity index is 1080. The monoisotopic (exact) mass is 447 g/mol. The molecule has 1 unspecified atom stereocenters. The number of carbonyl (C=O) groups is 1. The summed E-state index contributed by atoms with van der Waals surface area (Å²) in [6, 6.07) is 10.0. The van der Waals surface area contributed by atoms with E-state index < -0.39 is 15.6 Å². The van der Waals surface area contributed by atoms with E-state index in [4.69, 9.17) is 4.74 Å². The first kappa shape index (κ1) is 23.0. The molecule has 31 heavy (non-hydrogen) atoms. The van der Waals surface area contributed by atoms with Crippen LogP contribution in [0.2, 0.25) is 0 Å². The molecule has 0 radical (unpaired) electrons. The number of amides is 1. The quantitative estimate of drug-likeness (QED) is 0.619. The van der Waals surface area contributed by atoms with Crippen molar-refractivity contribution in [2.24, 2.45) is 0 Å². The summed E-state index contributed by atoms with van der Waals surface area (Å²) in [4.78, 5) is 27.2. The maximum atomic E-state index is 13.1. The van der Waals surface area contributed by atoms with Crippen molar-refractivity contribution in [3.8, 4) is 5.75 Å². The molecule has 1 saturated heterocycles. The van der Waals surface area contributed by atoms with Crippen LogP contribution in [0.1, 0.15) is 38.3 Å². The Hall–Kier alpha value is -2.65. The number of nitrogens with zero attached hydrogens (tertiary/aromatic N) is 3. The predicted molar refractivity (Wildman–Crippen MR) is 117 cm³/mol. The summed E-state index contributed by atoms with van der Waals surface area (Å²) in [6.07, 6.45) is 2.98. The van der Waals surface area contributed by atoms with E-state index in [1.54, 1.807) is 25.9 Å². The Labute approximate surface area is 183 Å². The number of sulfonamides is 1. The summed E-state index contributed by atoms with van der Waals surface area (Å²) >= 11 is 0. The first-order chi connectivity index (χ1) is 14.8. The average molecular weight is 448 g/mol. The van der Waals surface area contributed by atoms with Gasteiger partial charge in [-0.25, -0.2) is 8.42 Å². The van der Waals surface area contributed by atoms with Crippen LogP contribution in [-0.4, -0.2) is 54.8 Å². The van der Waals surface area contributed by atoms with Crippen molar-refractivity contribution in [1.82, 2.24) is 13.8 Å². The van der Waals surface area contributed by atoms with Crippen LogP contribution < -0.4 is 10.3 Å². The van der Waals surface area contributed by atoms with Crippen LogP contribution in [0.15, 0.2) is 52.3 Å². The molecule has 1 aromatic carbocycles. The third-order valence-corrected chi connectivity index (χ3v) is 7.71. The van der Waals surface area contributed by atoms with E-state index in [0.29, 0.717) is 19.6 Å². The minimum atomic E-state index is -3.72. The van der Waals surface area contributed by atoms with Crippen molar-refractivity contribution >= 4 is 15.9 Å². The molecule has 1 atom stereocenters. The number of methoxy groups -OCH3 is 1. The van der Waals surface area contributed by atoms with Gasteiger partial charge in [0.25, 0.3) is 5.56 Å². The Kier molecular flexibility index (Phi) is 7.17. The molecule has 1 amide bonds. The number of benzene rings is 1. The lowest BCUT2D eigenvalue weighted by Gasteiger charge is -2.26. The number of likely N-dealkylation sites (tertiary alicyclic amines) is 1. The molecule has 0 N–H and O–H groups in total. The van der Waals surface area contributed by atoms with Gasteiger partial charge in [0.15, 0.2) is 0 Å². The first-order valence-corrected chi connectivity index (χ1v) is 11.9. The summed E-state index contributed by atoms with van der Waals surface area (Å²) in [5.74, 6) is 0.537. The molecule has 1 aliphatic heterocycles. The molecule has 168 valence electrons. The smallest absolute Gasteiger partial charge is 0.251 e. The van der Waals surface area contributed by atoms with Gasteiger partial charge in [-0.1, -0.05) is 26.0 Å². The zero-order valence-electron chi connectivity index (χ0n) is 18.2. The van der Waals surface area contributed by atoms with E-state index in [9.17, 15) is 18.0 Å². The van der Waals surface area contributed by atoms with Crippen LogP contribution in [0, 0.1) is 0 Å². The fourth-order valence-corrected chi connectivity index (χ4v) is 5.45. The molecule has 2 heterocycles. The highest BCUT2D eigenvalue weighted by Gasteiger charge is 2.30. The molecule has 1 aromatic heterocycles. The second kappa shape index (κ2) is 9.65. The Morgan fingerprint density at radius 3 is 2.42 bits per heavy atom. The SMILES string of the molecule is CCN(CC)S(=O)(=O)c1ccc(=O)n(CC(=O)N2CCCC2c2ccc(OC)cc2)c1. The number of rotatable bonds is 8. The molecule has 0 spiro atoms. The number of ether oxygens (including phenoxy) is 1. The minimum Gasteiger partial charge on any atom is -0.497 e. The van der Waals surface area contributed by atoms with Gasteiger partial charge < -0.3 is 14.2 Å². The van der Waals surface area contributed by atoms with Crippen LogP contribution in [-0.2, 0) is 21.4 Å². The fourth-order valence-electron chi connectivity index (χ4n) is 3.97. The summed E-state index contributed by atoms with van der Waals surface area (Å²) in [5, 5.41) is 0. The molecule has 3 rings (SSSR count). The van der Waals surface area contributed by atoms with Gasteiger partial charge in [0.1, 0.15) is 12.3 Å². The van der Waals surface area contributed by atoms with Crippen LogP contribution in [0.4, 0.5) is 0 Å². The number of carbonyl (C=O) groups excluding carboxylic acids is 1. The molecule has 1 aliphatic rings. The maximum Gasteiger partial charge on any atom is 0.251 e. The highest BCUT2D eigenvalue weighted by atomic mass is 32.2. The van der Waals surface area contributed by atoms with Crippen molar-refractivity contribution in [3.63, 3.8) is 0 Å². The van der Waals surface area contributed by atoms with E-state index in [-0.39, 0.29) is 23.4 Å². The second-order valence-corrected chi connectivity index (χ2v) is 9.38.